The van der Waals surface area contributed by atoms with Gasteiger partial charge < -0.3 is 20.4 Å². The molecule has 0 aromatic heterocycles. The Balaban J connectivity index is -0.000000334. The van der Waals surface area contributed by atoms with Crippen molar-refractivity contribution in [2.45, 2.75) is 8.42 Å². The minimum Gasteiger partial charge on any atom is -0.394 e. The Morgan fingerprint density at radius 3 is 1.24 bits per heavy atom. The van der Waals surface area contributed by atoms with Crippen molar-refractivity contribution in [3.63, 3.8) is 0 Å². The third-order valence-corrected chi connectivity index (χ3v) is 5.50. The summed E-state index contributed by atoms with van der Waals surface area (Å²) in [5.74, 6) is -3.43. The average molecular weight is 344 g/mol. The fourth-order valence-corrected chi connectivity index (χ4v) is 1.39. The van der Waals surface area contributed by atoms with Crippen LogP contribution >= 0.6 is 0 Å². The maximum absolute atomic E-state index is 10.6. The molecule has 7 N–H and O–H groups in total. The summed E-state index contributed by atoms with van der Waals surface area (Å²) in [5.41, 5.74) is 0. The number of aliphatic hydroxyl groups excluding tert-OH is 4. The molecule has 0 aliphatic rings. The van der Waals surface area contributed by atoms with E-state index in [0.29, 0.717) is 0 Å². The molecule has 13 heteroatoms. The van der Waals surface area contributed by atoms with Gasteiger partial charge in [-0.3, -0.25) is 0 Å². The second-order valence-electron chi connectivity index (χ2n) is 3.48. The number of rotatable bonds is 6. The Hall–Kier alpha value is -0.310. The summed E-state index contributed by atoms with van der Waals surface area (Å²) in [6, 6.07) is 0. The van der Waals surface area contributed by atoms with Crippen LogP contribution in [0.25, 0.3) is 0 Å². The molecule has 0 aliphatic heterocycles. The van der Waals surface area contributed by atoms with Gasteiger partial charge in [-0.25, -0.2) is 0 Å². The van der Waals surface area contributed by atoms with Gasteiger partial charge in [-0.05, 0) is 0 Å². The first-order chi connectivity index (χ1) is 9.44. The van der Waals surface area contributed by atoms with Crippen molar-refractivity contribution in [1.29, 1.82) is 0 Å². The maximum atomic E-state index is 10.6. The van der Waals surface area contributed by atoms with Crippen LogP contribution in [-0.4, -0.2) is 112 Å². The molecular formula is C8H17NaO11S. The van der Waals surface area contributed by atoms with Crippen LogP contribution in [0.5, 0.6) is 0 Å². The molecule has 0 aromatic carbocycles. The molecule has 0 aliphatic carbocycles. The predicted molar refractivity (Wildman–Crippen MR) is 68.3 cm³/mol. The van der Waals surface area contributed by atoms with Gasteiger partial charge >= 0.3 is 91.2 Å². The van der Waals surface area contributed by atoms with Gasteiger partial charge in [0.2, 0.25) is 0 Å². The number of carboxylic acid groups (broad SMARTS) is 2. The second kappa shape index (κ2) is 13.4. The molecule has 0 rings (SSSR count). The van der Waals surface area contributed by atoms with Crippen molar-refractivity contribution in [1.82, 2.24) is 0 Å². The minimum atomic E-state index is -4.88. The van der Waals surface area contributed by atoms with E-state index in [0.717, 1.165) is 0 Å². The summed E-state index contributed by atoms with van der Waals surface area (Å²) in [7, 11) is -4.88. The van der Waals surface area contributed by atoms with Crippen LogP contribution in [0.4, 0.5) is 0 Å². The molecule has 122 valence electrons. The summed E-state index contributed by atoms with van der Waals surface area (Å²) >= 11 is -0.509. The van der Waals surface area contributed by atoms with E-state index in [1.807, 2.05) is 0 Å². The normalized spacial score (nSPS) is 12.9. The smallest absolute Gasteiger partial charge is 0.0662 e. The first-order valence-electron chi connectivity index (χ1n) is 5.30. The molecule has 0 saturated heterocycles. The summed E-state index contributed by atoms with van der Waals surface area (Å²) in [4.78, 5) is 20.6. The van der Waals surface area contributed by atoms with Gasteiger partial charge in [-0.1, -0.05) is 0 Å². The Labute approximate surface area is 138 Å². The van der Waals surface area contributed by atoms with E-state index < -0.39 is 58.4 Å². The van der Waals surface area contributed by atoms with Crippen LogP contribution in [-0.2, 0) is 19.7 Å². The first-order valence-corrected chi connectivity index (χ1v) is 7.74. The van der Waals surface area contributed by atoms with Crippen LogP contribution in [0.2, 0.25) is 0 Å². The van der Waals surface area contributed by atoms with E-state index >= 15 is 0 Å². The largest absolute Gasteiger partial charge is 0.394 e. The molecule has 0 radical (unpaired) electrons. The molecule has 11 nitrogen and oxygen atoms in total. The molecule has 0 amide bonds. The zero-order valence-electron chi connectivity index (χ0n) is 11.2. The van der Waals surface area contributed by atoms with Gasteiger partial charge in [0.1, 0.15) is 0 Å². The SMILES string of the molecule is O=C(O)C[C]([Na])(C(=O)O)S(=O)(=O)O.OCCO.OCCO. The van der Waals surface area contributed by atoms with Gasteiger partial charge in [-0.15, -0.1) is 0 Å². The third kappa shape index (κ3) is 13.1. The van der Waals surface area contributed by atoms with E-state index in [2.05, 4.69) is 0 Å². The Morgan fingerprint density at radius 1 is 0.905 bits per heavy atom. The fourth-order valence-electron chi connectivity index (χ4n) is 0.566. The number of hydrogen-bond acceptors (Lipinski definition) is 8. The average Bonchev–Trinajstić information content (AvgIpc) is 2.37. The van der Waals surface area contributed by atoms with Crippen LogP contribution in [0.15, 0.2) is 0 Å². The molecule has 1 atom stereocenters. The van der Waals surface area contributed by atoms with Crippen molar-refractivity contribution < 1.29 is 53.2 Å². The monoisotopic (exact) mass is 344 g/mol. The molecule has 0 aromatic rings. The standard InChI is InChI=1S/C4H5O7S.2C2H6O2.Na/c5-3(6)1-2(4(7)8)12(9,10)11;2*3-1-2-4;/h1H2,(H,5,6)(H,7,8)(H,9,10,11);2*3-4H,1-2H2;. The van der Waals surface area contributed by atoms with Crippen molar-refractivity contribution in [2.24, 2.45) is 0 Å². The van der Waals surface area contributed by atoms with Gasteiger partial charge in [0.15, 0.2) is 0 Å². The third-order valence-electron chi connectivity index (χ3n) is 1.71. The Bertz CT molecular complexity index is 387. The number of hydrogen-bond donors (Lipinski definition) is 7. The zero-order chi connectivity index (χ0) is 17.7. The zero-order valence-corrected chi connectivity index (χ0v) is 14.0. The number of aliphatic hydroxyl groups is 4. The van der Waals surface area contributed by atoms with Crippen molar-refractivity contribution >= 4 is 50.0 Å². The molecule has 0 bridgehead atoms. The van der Waals surface area contributed by atoms with Gasteiger partial charge in [0, 0.05) is 0 Å². The number of aliphatic carboxylic acids is 2. The van der Waals surface area contributed by atoms with Crippen molar-refractivity contribution in [3.05, 3.63) is 0 Å². The molecule has 21 heavy (non-hydrogen) atoms. The van der Waals surface area contributed by atoms with E-state index in [1.165, 1.54) is 0 Å². The predicted octanol–water partition coefficient (Wildman–Crippen LogP) is -3.76. The van der Waals surface area contributed by atoms with E-state index in [-0.39, 0.29) is 26.4 Å². The topological polar surface area (TPSA) is 210 Å². The van der Waals surface area contributed by atoms with Crippen molar-refractivity contribution in [2.75, 3.05) is 26.4 Å². The fraction of sp³-hybridized carbons (Fsp3) is 0.750. The summed E-state index contributed by atoms with van der Waals surface area (Å²) in [5, 5.41) is 47.2. The Morgan fingerprint density at radius 2 is 1.19 bits per heavy atom. The molecule has 1 unspecified atom stereocenters. The van der Waals surface area contributed by atoms with Crippen LogP contribution in [0, 0.1) is 0 Å². The molecular weight excluding hydrogens is 327 g/mol. The van der Waals surface area contributed by atoms with Gasteiger partial charge in [0.05, 0.1) is 26.4 Å². The van der Waals surface area contributed by atoms with Crippen molar-refractivity contribution in [3.8, 4) is 0 Å². The first kappa shape index (κ1) is 25.6. The quantitative estimate of drug-likeness (QED) is 0.184. The van der Waals surface area contributed by atoms with Gasteiger partial charge in [-0.2, -0.15) is 0 Å². The van der Waals surface area contributed by atoms with Crippen LogP contribution < -0.4 is 0 Å². The maximum Gasteiger partial charge on any atom is 0.0662 e. The van der Waals surface area contributed by atoms with Gasteiger partial charge in [0.25, 0.3) is 0 Å². The number of carboxylic acids is 2. The summed E-state index contributed by atoms with van der Waals surface area (Å²) < 4.78 is 27.1. The molecule has 0 heterocycles. The number of carbonyl (C=O) groups is 2. The minimum absolute atomic E-state index is 0.125. The summed E-state index contributed by atoms with van der Waals surface area (Å²) in [6.45, 7) is -0.500. The summed E-state index contributed by atoms with van der Waals surface area (Å²) in [6.07, 6.45) is -1.13. The van der Waals surface area contributed by atoms with E-state index in [1.54, 1.807) is 0 Å². The van der Waals surface area contributed by atoms with Crippen LogP contribution in [0.3, 0.4) is 0 Å². The Kier molecular flexibility index (Phi) is 16.3. The second-order valence-corrected chi connectivity index (χ2v) is 7.76. The van der Waals surface area contributed by atoms with Crippen LogP contribution in [0.1, 0.15) is 6.42 Å². The van der Waals surface area contributed by atoms with E-state index in [9.17, 15) is 18.0 Å². The molecule has 0 spiro atoms. The molecule has 0 fully saturated rings. The molecule has 0 saturated carbocycles. The van der Waals surface area contributed by atoms with E-state index in [4.69, 9.17) is 35.2 Å².